The molecule has 2 bridgehead atoms. The molecule has 0 aromatic rings. The number of rotatable bonds is 0. The molecule has 1 heterocycles. The van der Waals surface area contributed by atoms with Gasteiger partial charge in [0.15, 0.2) is 0 Å². The summed E-state index contributed by atoms with van der Waals surface area (Å²) in [5, 5.41) is 0. The van der Waals surface area contributed by atoms with Gasteiger partial charge in [-0.15, -0.1) is 8.58 Å². The first-order valence-corrected chi connectivity index (χ1v) is 6.47. The summed E-state index contributed by atoms with van der Waals surface area (Å²) < 4.78 is 0. The van der Waals surface area contributed by atoms with E-state index in [0.717, 1.165) is 11.6 Å². The van der Waals surface area contributed by atoms with Gasteiger partial charge in [-0.3, -0.25) is 0 Å². The van der Waals surface area contributed by atoms with Crippen molar-refractivity contribution in [1.82, 2.24) is 0 Å². The topological polar surface area (TPSA) is 0 Å². The van der Waals surface area contributed by atoms with E-state index in [-0.39, 0.29) is 0 Å². The Morgan fingerprint density at radius 2 is 1.73 bits per heavy atom. The van der Waals surface area contributed by atoms with Gasteiger partial charge < -0.3 is 0 Å². The van der Waals surface area contributed by atoms with Gasteiger partial charge in [-0.2, -0.15) is 0 Å². The minimum absolute atomic E-state index is 1.13. The monoisotopic (exact) mass is 170 g/mol. The van der Waals surface area contributed by atoms with Gasteiger partial charge in [0.05, 0.1) is 0 Å². The lowest BCUT2D eigenvalue weighted by Gasteiger charge is -2.18. The average molecular weight is 170 g/mol. The predicted molar refractivity (Wildman–Crippen MR) is 52.8 cm³/mol. The first kappa shape index (κ1) is 8.05. The van der Waals surface area contributed by atoms with Crippen molar-refractivity contribution in [2.75, 3.05) is 6.16 Å². The molecule has 11 heavy (non-hydrogen) atoms. The van der Waals surface area contributed by atoms with Crippen molar-refractivity contribution in [2.24, 2.45) is 5.92 Å². The van der Waals surface area contributed by atoms with Gasteiger partial charge in [-0.1, -0.05) is 19.3 Å². The fourth-order valence-electron chi connectivity index (χ4n) is 2.53. The summed E-state index contributed by atoms with van der Waals surface area (Å²) in [6.45, 7) is 0. The molecule has 1 saturated carbocycles. The SMILES string of the molecule is C1CCC2CCC(C1)CCP2. The zero-order chi connectivity index (χ0) is 7.52. The molecule has 64 valence electrons. The highest BCUT2D eigenvalue weighted by Gasteiger charge is 2.20. The van der Waals surface area contributed by atoms with Gasteiger partial charge in [0.2, 0.25) is 0 Å². The zero-order valence-corrected chi connectivity index (χ0v) is 8.31. The van der Waals surface area contributed by atoms with Crippen LogP contribution in [0.3, 0.4) is 0 Å². The molecule has 2 fully saturated rings. The first-order valence-electron chi connectivity index (χ1n) is 5.18. The molecule has 0 radical (unpaired) electrons. The number of hydrogen-bond donors (Lipinski definition) is 0. The Hall–Kier alpha value is 0.430. The molecule has 1 aliphatic carbocycles. The summed E-state index contributed by atoms with van der Waals surface area (Å²) in [5.41, 5.74) is 1.15. The van der Waals surface area contributed by atoms with Crippen LogP contribution in [0.4, 0.5) is 0 Å². The second kappa shape index (κ2) is 3.90. The largest absolute Gasteiger partial charge is 0.119 e. The van der Waals surface area contributed by atoms with Crippen LogP contribution in [0.15, 0.2) is 0 Å². The zero-order valence-electron chi connectivity index (χ0n) is 7.31. The lowest BCUT2D eigenvalue weighted by molar-refractivity contribution is 0.384. The van der Waals surface area contributed by atoms with Crippen molar-refractivity contribution in [3.05, 3.63) is 0 Å². The van der Waals surface area contributed by atoms with E-state index in [0.29, 0.717) is 0 Å². The second-order valence-electron chi connectivity index (χ2n) is 4.17. The summed E-state index contributed by atoms with van der Waals surface area (Å²) in [7, 11) is 1.32. The molecule has 3 unspecified atom stereocenters. The van der Waals surface area contributed by atoms with Crippen LogP contribution in [0.5, 0.6) is 0 Å². The van der Waals surface area contributed by atoms with Crippen molar-refractivity contribution >= 4 is 8.58 Å². The third kappa shape index (κ3) is 2.18. The molecule has 0 aromatic heterocycles. The van der Waals surface area contributed by atoms with E-state index in [1.54, 1.807) is 38.3 Å². The highest BCUT2D eigenvalue weighted by molar-refractivity contribution is 7.38. The Morgan fingerprint density at radius 1 is 0.818 bits per heavy atom. The van der Waals surface area contributed by atoms with Crippen LogP contribution >= 0.6 is 8.58 Å². The fraction of sp³-hybridized carbons (Fsp3) is 1.00. The molecule has 0 aromatic carbocycles. The van der Waals surface area contributed by atoms with E-state index in [4.69, 9.17) is 0 Å². The van der Waals surface area contributed by atoms with Gasteiger partial charge in [-0.25, -0.2) is 0 Å². The Kier molecular flexibility index (Phi) is 2.85. The molecular weight excluding hydrogens is 151 g/mol. The van der Waals surface area contributed by atoms with E-state index in [1.807, 2.05) is 0 Å². The maximum Gasteiger partial charge on any atom is -0.0237 e. The van der Waals surface area contributed by atoms with E-state index in [2.05, 4.69) is 0 Å². The molecule has 2 aliphatic rings. The normalized spacial score (nSPS) is 41.5. The van der Waals surface area contributed by atoms with Crippen LogP contribution in [0, 0.1) is 5.92 Å². The van der Waals surface area contributed by atoms with E-state index in [1.165, 1.54) is 21.4 Å². The molecule has 0 N–H and O–H groups in total. The lowest BCUT2D eigenvalue weighted by atomic mass is 9.89. The summed E-state index contributed by atoms with van der Waals surface area (Å²) in [6.07, 6.45) is 12.5. The van der Waals surface area contributed by atoms with Crippen LogP contribution in [0.2, 0.25) is 0 Å². The second-order valence-corrected chi connectivity index (χ2v) is 5.89. The summed E-state index contributed by atoms with van der Waals surface area (Å²) in [4.78, 5) is 0. The molecule has 0 spiro atoms. The van der Waals surface area contributed by atoms with Gasteiger partial charge in [-0.05, 0) is 43.4 Å². The number of hydrogen-bond acceptors (Lipinski definition) is 0. The first-order chi connectivity index (χ1) is 5.45. The van der Waals surface area contributed by atoms with Crippen molar-refractivity contribution in [2.45, 2.75) is 50.6 Å². The van der Waals surface area contributed by atoms with E-state index >= 15 is 0 Å². The Labute approximate surface area is 71.9 Å². The lowest BCUT2D eigenvalue weighted by Crippen LogP contribution is -2.06. The Bertz CT molecular complexity index is 104. The fourth-order valence-corrected chi connectivity index (χ4v) is 4.30. The molecule has 0 amide bonds. The van der Waals surface area contributed by atoms with Crippen LogP contribution < -0.4 is 0 Å². The van der Waals surface area contributed by atoms with Crippen LogP contribution in [-0.2, 0) is 0 Å². The molecule has 1 aliphatic heterocycles. The Morgan fingerprint density at radius 3 is 2.73 bits per heavy atom. The highest BCUT2D eigenvalue weighted by atomic mass is 31.1. The molecule has 3 atom stereocenters. The third-order valence-corrected chi connectivity index (χ3v) is 5.06. The number of fused-ring (bicyclic) bond motifs is 3. The Balaban J connectivity index is 1.97. The highest BCUT2D eigenvalue weighted by Crippen LogP contribution is 2.39. The summed E-state index contributed by atoms with van der Waals surface area (Å²) in [5.74, 6) is 1.13. The summed E-state index contributed by atoms with van der Waals surface area (Å²) in [6, 6.07) is 0. The van der Waals surface area contributed by atoms with Crippen LogP contribution in [0.1, 0.15) is 44.9 Å². The molecule has 2 rings (SSSR count). The quantitative estimate of drug-likeness (QED) is 0.489. The minimum Gasteiger partial charge on any atom is -0.119 e. The standard InChI is InChI=1S/C10H19P/c1-2-4-10-6-5-9(3-1)7-8-11-10/h9-11H,1-8H2. The smallest absolute Gasteiger partial charge is 0.0237 e. The van der Waals surface area contributed by atoms with Gasteiger partial charge in [0, 0.05) is 0 Å². The molecule has 1 saturated heterocycles. The van der Waals surface area contributed by atoms with Gasteiger partial charge >= 0.3 is 0 Å². The van der Waals surface area contributed by atoms with Gasteiger partial charge in [0.1, 0.15) is 0 Å². The maximum absolute atomic E-state index is 1.57. The van der Waals surface area contributed by atoms with E-state index in [9.17, 15) is 0 Å². The minimum atomic E-state index is 1.13. The van der Waals surface area contributed by atoms with Crippen molar-refractivity contribution in [3.8, 4) is 0 Å². The van der Waals surface area contributed by atoms with Crippen molar-refractivity contribution < 1.29 is 0 Å². The predicted octanol–water partition coefficient (Wildman–Crippen LogP) is 3.41. The molecular formula is C10H19P. The molecule has 0 nitrogen and oxygen atoms in total. The summed E-state index contributed by atoms with van der Waals surface area (Å²) >= 11 is 0. The third-order valence-electron chi connectivity index (χ3n) is 3.32. The molecule has 1 heteroatoms. The average Bonchev–Trinajstić information content (AvgIpc) is 2.11. The van der Waals surface area contributed by atoms with E-state index < -0.39 is 0 Å². The van der Waals surface area contributed by atoms with Crippen molar-refractivity contribution in [1.29, 1.82) is 0 Å². The van der Waals surface area contributed by atoms with Gasteiger partial charge in [0.25, 0.3) is 0 Å². The van der Waals surface area contributed by atoms with Crippen molar-refractivity contribution in [3.63, 3.8) is 0 Å². The maximum atomic E-state index is 1.57. The van der Waals surface area contributed by atoms with Crippen LogP contribution in [-0.4, -0.2) is 11.8 Å². The van der Waals surface area contributed by atoms with Crippen LogP contribution in [0.25, 0.3) is 0 Å².